The van der Waals surface area contributed by atoms with Crippen LogP contribution in [0.4, 0.5) is 14.5 Å². The fourth-order valence-electron chi connectivity index (χ4n) is 1.27. The zero-order valence-corrected chi connectivity index (χ0v) is 9.63. The minimum Gasteiger partial charge on any atom is -0.395 e. The molecule has 0 saturated carbocycles. The molecule has 4 nitrogen and oxygen atoms in total. The van der Waals surface area contributed by atoms with Crippen LogP contribution >= 0.6 is 12.6 Å². The highest BCUT2D eigenvalue weighted by Gasteiger charge is 2.43. The molecule has 1 heterocycles. The maximum Gasteiger partial charge on any atom is 0.586 e. The first-order chi connectivity index (χ1) is 7.87. The second kappa shape index (κ2) is 4.06. The highest BCUT2D eigenvalue weighted by molar-refractivity contribution is 7.81. The number of carbonyl (C=O) groups is 1. The van der Waals surface area contributed by atoms with E-state index in [-0.39, 0.29) is 17.4 Å². The number of halogens is 2. The molecule has 1 atom stereocenters. The third-order valence-electron chi connectivity index (χ3n) is 2.05. The van der Waals surface area contributed by atoms with Crippen LogP contribution in [0.15, 0.2) is 18.2 Å². The molecule has 1 aromatic carbocycles. The molecule has 1 aromatic rings. The van der Waals surface area contributed by atoms with Crippen molar-refractivity contribution in [1.29, 1.82) is 0 Å². The minimum atomic E-state index is -3.65. The molecule has 0 spiro atoms. The first kappa shape index (κ1) is 12.0. The predicted octanol–water partition coefficient (Wildman–Crippen LogP) is 2.26. The van der Waals surface area contributed by atoms with E-state index in [0.717, 1.165) is 0 Å². The van der Waals surface area contributed by atoms with Crippen LogP contribution in [0.1, 0.15) is 6.92 Å². The molecule has 0 bridgehead atoms. The van der Waals surface area contributed by atoms with E-state index in [1.54, 1.807) is 6.92 Å². The van der Waals surface area contributed by atoms with E-state index in [2.05, 4.69) is 27.4 Å². The summed E-state index contributed by atoms with van der Waals surface area (Å²) in [6.45, 7) is 1.60. The summed E-state index contributed by atoms with van der Waals surface area (Å²) in [4.78, 5) is 11.3. The zero-order valence-electron chi connectivity index (χ0n) is 8.74. The lowest BCUT2D eigenvalue weighted by molar-refractivity contribution is -0.286. The maximum atomic E-state index is 12.7. The highest BCUT2D eigenvalue weighted by atomic mass is 32.1. The van der Waals surface area contributed by atoms with Crippen LogP contribution in [-0.2, 0) is 4.79 Å². The van der Waals surface area contributed by atoms with Crippen LogP contribution in [0.5, 0.6) is 11.5 Å². The molecule has 1 aliphatic heterocycles. The van der Waals surface area contributed by atoms with Gasteiger partial charge in [-0.15, -0.1) is 8.78 Å². The van der Waals surface area contributed by atoms with Crippen LogP contribution in [0, 0.1) is 0 Å². The van der Waals surface area contributed by atoms with Gasteiger partial charge >= 0.3 is 6.29 Å². The number of alkyl halides is 2. The monoisotopic (exact) mass is 261 g/mol. The Labute approximate surface area is 101 Å². The van der Waals surface area contributed by atoms with Crippen LogP contribution in [0.25, 0.3) is 0 Å². The van der Waals surface area contributed by atoms with Crippen molar-refractivity contribution in [2.75, 3.05) is 5.32 Å². The van der Waals surface area contributed by atoms with Crippen molar-refractivity contribution in [1.82, 2.24) is 0 Å². The Morgan fingerprint density at radius 2 is 2.06 bits per heavy atom. The number of rotatable bonds is 2. The van der Waals surface area contributed by atoms with E-state index in [4.69, 9.17) is 0 Å². The van der Waals surface area contributed by atoms with Gasteiger partial charge in [0.2, 0.25) is 5.91 Å². The predicted molar refractivity (Wildman–Crippen MR) is 59.7 cm³/mol. The van der Waals surface area contributed by atoms with Crippen LogP contribution in [0.3, 0.4) is 0 Å². The van der Waals surface area contributed by atoms with Gasteiger partial charge < -0.3 is 14.8 Å². The first-order valence-electron chi connectivity index (χ1n) is 4.76. The summed E-state index contributed by atoms with van der Waals surface area (Å²) < 4.78 is 33.9. The molecule has 17 heavy (non-hydrogen) atoms. The minimum absolute atomic E-state index is 0.0630. The molecule has 0 aliphatic carbocycles. The molecule has 0 radical (unpaired) electrons. The van der Waals surface area contributed by atoms with E-state index < -0.39 is 11.5 Å². The van der Waals surface area contributed by atoms with E-state index in [0.29, 0.717) is 5.69 Å². The molecule has 7 heteroatoms. The van der Waals surface area contributed by atoms with Crippen LogP contribution in [-0.4, -0.2) is 17.5 Å². The number of hydrogen-bond acceptors (Lipinski definition) is 4. The lowest BCUT2D eigenvalue weighted by atomic mass is 10.2. The van der Waals surface area contributed by atoms with E-state index in [1.165, 1.54) is 18.2 Å². The van der Waals surface area contributed by atoms with Crippen molar-refractivity contribution in [3.05, 3.63) is 18.2 Å². The summed E-state index contributed by atoms with van der Waals surface area (Å²) >= 11 is 3.94. The molecule has 0 saturated heterocycles. The molecule has 1 amide bonds. The molecule has 1 aliphatic rings. The molecule has 0 fully saturated rings. The number of carbonyl (C=O) groups excluding carboxylic acids is 1. The van der Waals surface area contributed by atoms with Crippen molar-refractivity contribution in [2.24, 2.45) is 0 Å². The molecule has 1 unspecified atom stereocenters. The van der Waals surface area contributed by atoms with Gasteiger partial charge in [-0.1, -0.05) is 0 Å². The largest absolute Gasteiger partial charge is 0.586 e. The number of thiol groups is 1. The number of nitrogens with one attached hydrogen (secondary N) is 1. The fourth-order valence-corrected chi connectivity index (χ4v) is 1.34. The van der Waals surface area contributed by atoms with Gasteiger partial charge in [0.1, 0.15) is 0 Å². The summed E-state index contributed by atoms with van der Waals surface area (Å²) in [5.41, 5.74) is 0.343. The van der Waals surface area contributed by atoms with Gasteiger partial charge in [-0.3, -0.25) is 4.79 Å². The number of amides is 1. The second-order valence-corrected chi connectivity index (χ2v) is 4.27. The number of anilines is 1. The van der Waals surface area contributed by atoms with Gasteiger partial charge in [-0.2, -0.15) is 12.6 Å². The Morgan fingerprint density at radius 3 is 2.71 bits per heavy atom. The zero-order chi connectivity index (χ0) is 12.6. The van der Waals surface area contributed by atoms with Gasteiger partial charge in [-0.25, -0.2) is 0 Å². The smallest absolute Gasteiger partial charge is 0.395 e. The van der Waals surface area contributed by atoms with Crippen molar-refractivity contribution < 1.29 is 23.0 Å². The molecule has 0 aromatic heterocycles. The highest BCUT2D eigenvalue weighted by Crippen LogP contribution is 2.42. The Morgan fingerprint density at radius 1 is 1.41 bits per heavy atom. The summed E-state index contributed by atoms with van der Waals surface area (Å²) in [5.74, 6) is -0.509. The van der Waals surface area contributed by atoms with Gasteiger partial charge in [-0.05, 0) is 19.1 Å². The van der Waals surface area contributed by atoms with E-state index in [1.807, 2.05) is 0 Å². The van der Waals surface area contributed by atoms with E-state index in [9.17, 15) is 13.6 Å². The van der Waals surface area contributed by atoms with Crippen LogP contribution in [0.2, 0.25) is 0 Å². The van der Waals surface area contributed by atoms with Gasteiger partial charge in [0.05, 0.1) is 5.25 Å². The Kier molecular flexibility index (Phi) is 2.86. The van der Waals surface area contributed by atoms with Crippen molar-refractivity contribution >= 4 is 24.2 Å². The molecular formula is C10H9F2NO3S. The second-order valence-electron chi connectivity index (χ2n) is 3.49. The average Bonchev–Trinajstić information content (AvgIpc) is 2.50. The lowest BCUT2D eigenvalue weighted by Crippen LogP contribution is -2.25. The normalized spacial score (nSPS) is 17.6. The SMILES string of the molecule is CC(S)C(=O)Nc1ccc2c(c1)OC(F)(F)O2. The summed E-state index contributed by atoms with van der Waals surface area (Å²) in [7, 11) is 0. The van der Waals surface area contributed by atoms with Crippen LogP contribution < -0.4 is 14.8 Å². The standard InChI is InChI=1S/C10H9F2NO3S/c1-5(17)9(14)13-6-2-3-7-8(4-6)16-10(11,12)15-7/h2-5,17H,1H3,(H,13,14). The van der Waals surface area contributed by atoms with Crippen molar-refractivity contribution in [3.8, 4) is 11.5 Å². The fraction of sp³-hybridized carbons (Fsp3) is 0.300. The third-order valence-corrected chi connectivity index (χ3v) is 2.28. The third kappa shape index (κ3) is 2.60. The number of fused-ring (bicyclic) bond motifs is 1. The summed E-state index contributed by atoms with van der Waals surface area (Å²) in [6.07, 6.45) is -3.65. The summed E-state index contributed by atoms with van der Waals surface area (Å²) in [6, 6.07) is 4.01. The first-order valence-corrected chi connectivity index (χ1v) is 5.28. The number of ether oxygens (including phenoxy) is 2. The van der Waals surface area contributed by atoms with Gasteiger partial charge in [0.15, 0.2) is 11.5 Å². The molecule has 2 rings (SSSR count). The lowest BCUT2D eigenvalue weighted by Gasteiger charge is -2.07. The Balaban J connectivity index is 2.17. The Hall–Kier alpha value is -1.50. The maximum absolute atomic E-state index is 12.7. The number of hydrogen-bond donors (Lipinski definition) is 2. The van der Waals surface area contributed by atoms with Gasteiger partial charge in [0, 0.05) is 11.8 Å². The summed E-state index contributed by atoms with van der Waals surface area (Å²) in [5, 5.41) is 2.00. The topological polar surface area (TPSA) is 47.6 Å². The van der Waals surface area contributed by atoms with Crippen molar-refractivity contribution in [2.45, 2.75) is 18.5 Å². The van der Waals surface area contributed by atoms with Gasteiger partial charge in [0.25, 0.3) is 0 Å². The quantitative estimate of drug-likeness (QED) is 0.803. The molecule has 92 valence electrons. The molecule has 1 N–H and O–H groups in total. The molecular weight excluding hydrogens is 252 g/mol. The average molecular weight is 261 g/mol. The van der Waals surface area contributed by atoms with E-state index >= 15 is 0 Å². The number of benzene rings is 1. The van der Waals surface area contributed by atoms with Crippen molar-refractivity contribution in [3.63, 3.8) is 0 Å². The Bertz CT molecular complexity index is 465.